The van der Waals surface area contributed by atoms with Crippen LogP contribution in [0.4, 0.5) is 0 Å². The predicted molar refractivity (Wildman–Crippen MR) is 68.9 cm³/mol. The van der Waals surface area contributed by atoms with Crippen LogP contribution in [0.3, 0.4) is 0 Å². The van der Waals surface area contributed by atoms with E-state index in [2.05, 4.69) is 38.1 Å². The molecule has 0 N–H and O–H groups in total. The third kappa shape index (κ3) is 4.14. The van der Waals surface area contributed by atoms with Gasteiger partial charge in [-0.3, -0.25) is 0 Å². The highest BCUT2D eigenvalue weighted by Gasteiger charge is 2.25. The number of hydrogen-bond donors (Lipinski definition) is 0. The summed E-state index contributed by atoms with van der Waals surface area (Å²) in [4.78, 5) is 0. The van der Waals surface area contributed by atoms with Gasteiger partial charge in [-0.25, -0.2) is 0 Å². The Bertz CT molecular complexity index is 326. The number of rotatable bonds is 4. The van der Waals surface area contributed by atoms with Crippen molar-refractivity contribution >= 4 is 0 Å². The molecule has 1 aliphatic rings. The second kappa shape index (κ2) is 5.65. The highest BCUT2D eigenvalue weighted by molar-refractivity contribution is 5.16. The highest BCUT2D eigenvalue weighted by atomic mass is 16.7. The summed E-state index contributed by atoms with van der Waals surface area (Å²) < 4.78 is 11.7. The molecule has 0 aliphatic carbocycles. The van der Waals surface area contributed by atoms with Gasteiger partial charge in [-0.2, -0.15) is 0 Å². The Hall–Kier alpha value is -0.860. The van der Waals surface area contributed by atoms with Gasteiger partial charge in [-0.05, 0) is 38.7 Å². The quantitative estimate of drug-likeness (QED) is 0.793. The molecule has 1 fully saturated rings. The lowest BCUT2D eigenvalue weighted by Crippen LogP contribution is -2.35. The molecule has 0 bridgehead atoms. The molecule has 2 heteroatoms. The van der Waals surface area contributed by atoms with Crippen LogP contribution in [0.1, 0.15) is 38.7 Å². The third-order valence-electron chi connectivity index (χ3n) is 3.06. The molecule has 2 rings (SSSR count). The Morgan fingerprint density at radius 2 is 2.00 bits per heavy atom. The molecule has 0 radical (unpaired) electrons. The van der Waals surface area contributed by atoms with Crippen molar-refractivity contribution in [1.29, 1.82) is 0 Å². The van der Waals surface area contributed by atoms with Gasteiger partial charge in [0.05, 0.1) is 5.60 Å². The minimum absolute atomic E-state index is 0.0116. The monoisotopic (exact) mass is 234 g/mol. The second-order valence-electron chi connectivity index (χ2n) is 5.34. The lowest BCUT2D eigenvalue weighted by Gasteiger charge is -2.33. The third-order valence-corrected chi connectivity index (χ3v) is 3.06. The first kappa shape index (κ1) is 12.6. The van der Waals surface area contributed by atoms with Crippen LogP contribution in [-0.2, 0) is 15.9 Å². The summed E-state index contributed by atoms with van der Waals surface area (Å²) in [5, 5.41) is 0. The standard InChI is InChI=1S/C15H22O2/c1-15(2,12-13-8-4-3-5-9-13)17-14-10-6-7-11-16-14/h3-5,8-9,14H,6-7,10-12H2,1-2H3. The fraction of sp³-hybridized carbons (Fsp3) is 0.600. The van der Waals surface area contributed by atoms with Crippen LogP contribution in [-0.4, -0.2) is 18.5 Å². The van der Waals surface area contributed by atoms with Crippen molar-refractivity contribution in [3.05, 3.63) is 35.9 Å². The van der Waals surface area contributed by atoms with E-state index >= 15 is 0 Å². The zero-order valence-corrected chi connectivity index (χ0v) is 10.8. The van der Waals surface area contributed by atoms with E-state index in [0.29, 0.717) is 0 Å². The first-order valence-electron chi connectivity index (χ1n) is 6.49. The SMILES string of the molecule is CC(C)(Cc1ccccc1)OC1CCCCO1. The Labute approximate surface area is 104 Å². The van der Waals surface area contributed by atoms with Gasteiger partial charge in [0.2, 0.25) is 0 Å². The molecule has 1 unspecified atom stereocenters. The topological polar surface area (TPSA) is 18.5 Å². The van der Waals surface area contributed by atoms with E-state index in [4.69, 9.17) is 9.47 Å². The molecular weight excluding hydrogens is 212 g/mol. The zero-order chi connectivity index (χ0) is 12.1. The van der Waals surface area contributed by atoms with Crippen LogP contribution >= 0.6 is 0 Å². The summed E-state index contributed by atoms with van der Waals surface area (Å²) in [6.07, 6.45) is 4.32. The maximum absolute atomic E-state index is 6.06. The smallest absolute Gasteiger partial charge is 0.158 e. The summed E-state index contributed by atoms with van der Waals surface area (Å²) >= 11 is 0. The van der Waals surface area contributed by atoms with E-state index in [1.165, 1.54) is 18.4 Å². The van der Waals surface area contributed by atoms with E-state index in [-0.39, 0.29) is 11.9 Å². The van der Waals surface area contributed by atoms with Gasteiger partial charge in [0, 0.05) is 13.0 Å². The van der Waals surface area contributed by atoms with Crippen molar-refractivity contribution in [2.45, 2.75) is 51.4 Å². The predicted octanol–water partition coefficient (Wildman–Crippen LogP) is 3.55. The number of benzene rings is 1. The molecule has 94 valence electrons. The zero-order valence-electron chi connectivity index (χ0n) is 10.8. The fourth-order valence-corrected chi connectivity index (χ4v) is 2.29. The number of hydrogen-bond acceptors (Lipinski definition) is 2. The second-order valence-corrected chi connectivity index (χ2v) is 5.34. The van der Waals surface area contributed by atoms with Gasteiger partial charge in [0.1, 0.15) is 0 Å². The van der Waals surface area contributed by atoms with E-state index < -0.39 is 0 Å². The summed E-state index contributed by atoms with van der Waals surface area (Å²) in [7, 11) is 0. The van der Waals surface area contributed by atoms with Crippen molar-refractivity contribution in [2.75, 3.05) is 6.61 Å². The molecular formula is C15H22O2. The average molecular weight is 234 g/mol. The normalized spacial score (nSPS) is 21.4. The van der Waals surface area contributed by atoms with Crippen LogP contribution in [0.5, 0.6) is 0 Å². The summed E-state index contributed by atoms with van der Waals surface area (Å²) in [6.45, 7) is 5.11. The molecule has 1 atom stereocenters. The van der Waals surface area contributed by atoms with Gasteiger partial charge < -0.3 is 9.47 Å². The summed E-state index contributed by atoms with van der Waals surface area (Å²) in [5.41, 5.74) is 1.15. The Kier molecular flexibility index (Phi) is 4.19. The van der Waals surface area contributed by atoms with Gasteiger partial charge >= 0.3 is 0 Å². The molecule has 1 aromatic carbocycles. The van der Waals surface area contributed by atoms with Crippen molar-refractivity contribution in [2.24, 2.45) is 0 Å². The van der Waals surface area contributed by atoms with Gasteiger partial charge in [-0.15, -0.1) is 0 Å². The molecule has 0 amide bonds. The van der Waals surface area contributed by atoms with E-state index in [0.717, 1.165) is 19.4 Å². The van der Waals surface area contributed by atoms with Gasteiger partial charge in [0.25, 0.3) is 0 Å². The van der Waals surface area contributed by atoms with Crippen LogP contribution in [0, 0.1) is 0 Å². The molecule has 0 saturated carbocycles. The number of ether oxygens (including phenoxy) is 2. The Balaban J connectivity index is 1.89. The van der Waals surface area contributed by atoms with Crippen LogP contribution in [0.2, 0.25) is 0 Å². The van der Waals surface area contributed by atoms with Crippen molar-refractivity contribution in [1.82, 2.24) is 0 Å². The summed E-state index contributed by atoms with van der Waals surface area (Å²) in [5.74, 6) is 0. The van der Waals surface area contributed by atoms with Crippen LogP contribution < -0.4 is 0 Å². The van der Waals surface area contributed by atoms with Crippen molar-refractivity contribution in [3.63, 3.8) is 0 Å². The van der Waals surface area contributed by atoms with E-state index in [9.17, 15) is 0 Å². The Morgan fingerprint density at radius 1 is 1.24 bits per heavy atom. The molecule has 17 heavy (non-hydrogen) atoms. The maximum atomic E-state index is 6.06. The van der Waals surface area contributed by atoms with E-state index in [1.807, 2.05) is 6.07 Å². The Morgan fingerprint density at radius 3 is 2.65 bits per heavy atom. The maximum Gasteiger partial charge on any atom is 0.158 e. The minimum Gasteiger partial charge on any atom is -0.353 e. The summed E-state index contributed by atoms with van der Waals surface area (Å²) in [6, 6.07) is 10.5. The van der Waals surface area contributed by atoms with Crippen LogP contribution in [0.15, 0.2) is 30.3 Å². The van der Waals surface area contributed by atoms with Gasteiger partial charge in [0.15, 0.2) is 6.29 Å². The molecule has 0 spiro atoms. The highest BCUT2D eigenvalue weighted by Crippen LogP contribution is 2.23. The molecule has 1 heterocycles. The van der Waals surface area contributed by atoms with Crippen molar-refractivity contribution < 1.29 is 9.47 Å². The average Bonchev–Trinajstić information content (AvgIpc) is 2.30. The van der Waals surface area contributed by atoms with Gasteiger partial charge in [-0.1, -0.05) is 30.3 Å². The minimum atomic E-state index is -0.163. The fourth-order valence-electron chi connectivity index (χ4n) is 2.29. The lowest BCUT2D eigenvalue weighted by molar-refractivity contribution is -0.214. The first-order chi connectivity index (χ1) is 8.16. The van der Waals surface area contributed by atoms with Crippen LogP contribution in [0.25, 0.3) is 0 Å². The molecule has 1 aliphatic heterocycles. The lowest BCUT2D eigenvalue weighted by atomic mass is 9.98. The van der Waals surface area contributed by atoms with E-state index in [1.54, 1.807) is 0 Å². The molecule has 1 aromatic rings. The largest absolute Gasteiger partial charge is 0.353 e. The molecule has 0 aromatic heterocycles. The first-order valence-corrected chi connectivity index (χ1v) is 6.49. The molecule has 2 nitrogen and oxygen atoms in total. The molecule has 1 saturated heterocycles. The van der Waals surface area contributed by atoms with Crippen molar-refractivity contribution in [3.8, 4) is 0 Å².